The van der Waals surface area contributed by atoms with Gasteiger partial charge in [0.2, 0.25) is 0 Å². The maximum absolute atomic E-state index is 10.2. The van der Waals surface area contributed by atoms with Crippen LogP contribution in [-0.4, -0.2) is 42.4 Å². The van der Waals surface area contributed by atoms with Gasteiger partial charge in [0.15, 0.2) is 0 Å². The van der Waals surface area contributed by atoms with Gasteiger partial charge in [0.25, 0.3) is 0 Å². The molecule has 0 radical (unpaired) electrons. The molecule has 0 amide bonds. The first kappa shape index (κ1) is 18.0. The van der Waals surface area contributed by atoms with Crippen LogP contribution in [0.4, 0.5) is 0 Å². The molecule has 0 aliphatic rings. The second-order valence-electron chi connectivity index (χ2n) is 5.90. The quantitative estimate of drug-likeness (QED) is 0.714. The maximum atomic E-state index is 10.2. The highest BCUT2D eigenvalue weighted by Crippen LogP contribution is 2.25. The maximum Gasteiger partial charge on any atom is 0.122 e. The Morgan fingerprint density at radius 2 is 1.90 bits per heavy atom. The minimum absolute atomic E-state index is 0.354. The zero-order chi connectivity index (χ0) is 15.7. The van der Waals surface area contributed by atoms with Gasteiger partial charge in [0.05, 0.1) is 0 Å². The molecular weight excluding hydrogens is 262 g/mol. The normalized spacial score (nSPS) is 12.9. The second-order valence-corrected chi connectivity index (χ2v) is 5.90. The number of ether oxygens (including phenoxy) is 1. The lowest BCUT2D eigenvalue weighted by Crippen LogP contribution is -2.36. The molecular formula is C18H31NO2. The van der Waals surface area contributed by atoms with Gasteiger partial charge in [-0.1, -0.05) is 52.3 Å². The molecule has 0 fully saturated rings. The van der Waals surface area contributed by atoms with Crippen molar-refractivity contribution >= 4 is 0 Å². The Bertz CT molecular complexity index is 393. The summed E-state index contributed by atoms with van der Waals surface area (Å²) in [5, 5.41) is 10.2. The van der Waals surface area contributed by atoms with E-state index in [0.29, 0.717) is 19.1 Å². The Hall–Kier alpha value is -1.06. The Labute approximate surface area is 129 Å². The number of para-hydroxylation sites is 1. The van der Waals surface area contributed by atoms with E-state index >= 15 is 0 Å². The Morgan fingerprint density at radius 1 is 1.19 bits per heavy atom. The summed E-state index contributed by atoms with van der Waals surface area (Å²) in [6, 6.07) is 8.08. The van der Waals surface area contributed by atoms with E-state index in [9.17, 15) is 5.11 Å². The molecule has 0 heterocycles. The van der Waals surface area contributed by atoms with Crippen molar-refractivity contribution in [3.05, 3.63) is 29.8 Å². The average molecular weight is 293 g/mol. The first-order valence-electron chi connectivity index (χ1n) is 8.20. The number of nitrogens with zero attached hydrogens (tertiary/aromatic N) is 1. The monoisotopic (exact) mass is 293 g/mol. The van der Waals surface area contributed by atoms with Gasteiger partial charge in [-0.25, -0.2) is 0 Å². The van der Waals surface area contributed by atoms with Gasteiger partial charge in [-0.05, 0) is 37.1 Å². The number of hydrogen-bond donors (Lipinski definition) is 1. The summed E-state index contributed by atoms with van der Waals surface area (Å²) in [6.45, 7) is 11.7. The number of aliphatic hydroxyl groups is 1. The van der Waals surface area contributed by atoms with E-state index in [1.54, 1.807) is 0 Å². The van der Waals surface area contributed by atoms with Gasteiger partial charge in [0, 0.05) is 6.54 Å². The molecule has 0 aliphatic carbocycles. The lowest BCUT2D eigenvalue weighted by molar-refractivity contribution is 0.0690. The van der Waals surface area contributed by atoms with Gasteiger partial charge in [-0.3, -0.25) is 0 Å². The van der Waals surface area contributed by atoms with Crippen molar-refractivity contribution in [1.82, 2.24) is 4.90 Å². The summed E-state index contributed by atoms with van der Waals surface area (Å²) in [5.41, 5.74) is 1.20. The Balaban J connectivity index is 2.47. The SMILES string of the molecule is CCCCN(CC)CC(O)COc1ccccc1C(C)C. The third-order valence-electron chi connectivity index (χ3n) is 3.72. The lowest BCUT2D eigenvalue weighted by atomic mass is 10.0. The first-order valence-corrected chi connectivity index (χ1v) is 8.20. The first-order chi connectivity index (χ1) is 10.1. The van der Waals surface area contributed by atoms with Gasteiger partial charge >= 0.3 is 0 Å². The number of hydrogen-bond acceptors (Lipinski definition) is 3. The molecule has 1 atom stereocenters. The van der Waals surface area contributed by atoms with Crippen LogP contribution in [0.2, 0.25) is 0 Å². The zero-order valence-electron chi connectivity index (χ0n) is 14.0. The second kappa shape index (κ2) is 9.80. The van der Waals surface area contributed by atoms with Crippen LogP contribution in [0, 0.1) is 0 Å². The van der Waals surface area contributed by atoms with E-state index < -0.39 is 6.10 Å². The van der Waals surface area contributed by atoms with Crippen LogP contribution in [0.3, 0.4) is 0 Å². The highest BCUT2D eigenvalue weighted by Gasteiger charge is 2.13. The number of aliphatic hydroxyl groups excluding tert-OH is 1. The van der Waals surface area contributed by atoms with Crippen LogP contribution in [0.15, 0.2) is 24.3 Å². The standard InChI is InChI=1S/C18H31NO2/c1-5-7-12-19(6-2)13-16(20)14-21-18-11-9-8-10-17(18)15(3)4/h8-11,15-16,20H,5-7,12-14H2,1-4H3. The van der Waals surface area contributed by atoms with Crippen molar-refractivity contribution in [2.75, 3.05) is 26.2 Å². The molecule has 1 aromatic carbocycles. The summed E-state index contributed by atoms with van der Waals surface area (Å²) in [5.74, 6) is 1.32. The Morgan fingerprint density at radius 3 is 2.52 bits per heavy atom. The van der Waals surface area contributed by atoms with Crippen LogP contribution < -0.4 is 4.74 Å². The largest absolute Gasteiger partial charge is 0.491 e. The Kier molecular flexibility index (Phi) is 8.40. The molecule has 0 bridgehead atoms. The van der Waals surface area contributed by atoms with E-state index in [4.69, 9.17) is 4.74 Å². The number of benzene rings is 1. The molecule has 3 heteroatoms. The molecule has 0 spiro atoms. The predicted molar refractivity (Wildman–Crippen MR) is 89.1 cm³/mol. The lowest BCUT2D eigenvalue weighted by Gasteiger charge is -2.24. The van der Waals surface area contributed by atoms with E-state index in [2.05, 4.69) is 38.7 Å². The molecule has 3 nitrogen and oxygen atoms in total. The molecule has 1 rings (SSSR count). The highest BCUT2D eigenvalue weighted by molar-refractivity contribution is 5.35. The predicted octanol–water partition coefficient (Wildman–Crippen LogP) is 3.67. The molecule has 21 heavy (non-hydrogen) atoms. The summed E-state index contributed by atoms with van der Waals surface area (Å²) in [6.07, 6.45) is 1.92. The van der Waals surface area contributed by atoms with Gasteiger partial charge in [-0.15, -0.1) is 0 Å². The van der Waals surface area contributed by atoms with Crippen LogP contribution in [0.1, 0.15) is 52.0 Å². The average Bonchev–Trinajstić information content (AvgIpc) is 2.49. The van der Waals surface area contributed by atoms with E-state index in [1.165, 1.54) is 18.4 Å². The minimum Gasteiger partial charge on any atom is -0.491 e. The van der Waals surface area contributed by atoms with Crippen molar-refractivity contribution in [3.63, 3.8) is 0 Å². The fraction of sp³-hybridized carbons (Fsp3) is 0.667. The van der Waals surface area contributed by atoms with Gasteiger partial charge in [0.1, 0.15) is 18.5 Å². The van der Waals surface area contributed by atoms with Crippen molar-refractivity contribution in [2.24, 2.45) is 0 Å². The molecule has 0 aliphatic heterocycles. The van der Waals surface area contributed by atoms with Crippen molar-refractivity contribution < 1.29 is 9.84 Å². The van der Waals surface area contributed by atoms with E-state index in [0.717, 1.165) is 18.8 Å². The van der Waals surface area contributed by atoms with Crippen LogP contribution >= 0.6 is 0 Å². The fourth-order valence-electron chi connectivity index (χ4n) is 2.39. The number of unbranched alkanes of at least 4 members (excludes halogenated alkanes) is 1. The summed E-state index contributed by atoms with van der Waals surface area (Å²) in [7, 11) is 0. The number of rotatable bonds is 10. The summed E-state index contributed by atoms with van der Waals surface area (Å²) >= 11 is 0. The third-order valence-corrected chi connectivity index (χ3v) is 3.72. The zero-order valence-corrected chi connectivity index (χ0v) is 14.0. The van der Waals surface area contributed by atoms with Crippen LogP contribution in [0.5, 0.6) is 5.75 Å². The molecule has 1 N–H and O–H groups in total. The topological polar surface area (TPSA) is 32.7 Å². The number of likely N-dealkylation sites (N-methyl/N-ethyl adjacent to an activating group) is 1. The van der Waals surface area contributed by atoms with Crippen LogP contribution in [-0.2, 0) is 0 Å². The van der Waals surface area contributed by atoms with Crippen molar-refractivity contribution in [2.45, 2.75) is 52.6 Å². The molecule has 0 saturated heterocycles. The highest BCUT2D eigenvalue weighted by atomic mass is 16.5. The molecule has 1 aromatic rings. The molecule has 0 aromatic heterocycles. The molecule has 0 saturated carbocycles. The smallest absolute Gasteiger partial charge is 0.122 e. The van der Waals surface area contributed by atoms with Crippen molar-refractivity contribution in [1.29, 1.82) is 0 Å². The molecule has 120 valence electrons. The van der Waals surface area contributed by atoms with E-state index in [-0.39, 0.29) is 0 Å². The summed E-state index contributed by atoms with van der Waals surface area (Å²) < 4.78 is 5.83. The third kappa shape index (κ3) is 6.49. The van der Waals surface area contributed by atoms with Crippen molar-refractivity contribution in [3.8, 4) is 5.75 Å². The van der Waals surface area contributed by atoms with Gasteiger partial charge in [-0.2, -0.15) is 0 Å². The molecule has 1 unspecified atom stereocenters. The van der Waals surface area contributed by atoms with E-state index in [1.807, 2.05) is 18.2 Å². The van der Waals surface area contributed by atoms with Gasteiger partial charge < -0.3 is 14.7 Å². The van der Waals surface area contributed by atoms with Crippen LogP contribution in [0.25, 0.3) is 0 Å². The minimum atomic E-state index is -0.443. The fourth-order valence-corrected chi connectivity index (χ4v) is 2.39. The summed E-state index contributed by atoms with van der Waals surface area (Å²) in [4.78, 5) is 2.28.